The highest BCUT2D eigenvalue weighted by molar-refractivity contribution is 5.77. The van der Waals surface area contributed by atoms with Crippen molar-refractivity contribution in [2.45, 2.75) is 6.54 Å². The third-order valence-electron chi connectivity index (χ3n) is 2.87. The summed E-state index contributed by atoms with van der Waals surface area (Å²) in [5.74, 6) is 1.19. The lowest BCUT2D eigenvalue weighted by Gasteiger charge is -2.08. The molecule has 0 spiro atoms. The molecule has 0 saturated carbocycles. The number of nitrogens with one attached hydrogen (secondary N) is 1. The molecule has 0 aliphatic heterocycles. The van der Waals surface area contributed by atoms with Crippen molar-refractivity contribution in [3.8, 4) is 11.5 Å². The maximum absolute atomic E-state index is 11.7. The molecule has 0 radical (unpaired) electrons. The minimum Gasteiger partial charge on any atom is -0.497 e. The summed E-state index contributed by atoms with van der Waals surface area (Å²) in [5.41, 5.74) is 7.20. The van der Waals surface area contributed by atoms with Gasteiger partial charge in [-0.1, -0.05) is 12.1 Å². The van der Waals surface area contributed by atoms with Crippen molar-refractivity contribution in [1.82, 2.24) is 5.32 Å². The summed E-state index contributed by atoms with van der Waals surface area (Å²) in [6, 6.07) is 14.4. The third-order valence-corrected chi connectivity index (χ3v) is 2.87. The Hall–Kier alpha value is -2.69. The SMILES string of the molecule is COc1cccc(CNC(=O)COc2ccc(N)cc2)c1. The van der Waals surface area contributed by atoms with E-state index in [1.165, 1.54) is 0 Å². The molecule has 0 heterocycles. The first-order chi connectivity index (χ1) is 10.2. The number of amides is 1. The molecule has 110 valence electrons. The average Bonchev–Trinajstić information content (AvgIpc) is 2.52. The normalized spacial score (nSPS) is 9.95. The molecular weight excluding hydrogens is 268 g/mol. The number of hydrogen-bond acceptors (Lipinski definition) is 4. The molecule has 0 aliphatic rings. The van der Waals surface area contributed by atoms with Crippen LogP contribution in [-0.4, -0.2) is 19.6 Å². The number of methoxy groups -OCH3 is 1. The fourth-order valence-corrected chi connectivity index (χ4v) is 1.75. The van der Waals surface area contributed by atoms with Gasteiger partial charge in [0, 0.05) is 12.2 Å². The van der Waals surface area contributed by atoms with Crippen molar-refractivity contribution in [2.24, 2.45) is 0 Å². The fourth-order valence-electron chi connectivity index (χ4n) is 1.75. The number of nitrogen functional groups attached to an aromatic ring is 1. The zero-order valence-corrected chi connectivity index (χ0v) is 11.8. The van der Waals surface area contributed by atoms with E-state index in [0.717, 1.165) is 11.3 Å². The first kappa shape index (κ1) is 14.7. The molecule has 2 rings (SSSR count). The quantitative estimate of drug-likeness (QED) is 0.796. The monoisotopic (exact) mass is 286 g/mol. The summed E-state index contributed by atoms with van der Waals surface area (Å²) in [7, 11) is 1.61. The van der Waals surface area contributed by atoms with Crippen LogP contribution in [0.5, 0.6) is 11.5 Å². The van der Waals surface area contributed by atoms with Crippen molar-refractivity contribution in [2.75, 3.05) is 19.5 Å². The van der Waals surface area contributed by atoms with Crippen LogP contribution in [-0.2, 0) is 11.3 Å². The van der Waals surface area contributed by atoms with Gasteiger partial charge in [-0.25, -0.2) is 0 Å². The summed E-state index contributed by atoms with van der Waals surface area (Å²) in [6.45, 7) is 0.398. The van der Waals surface area contributed by atoms with E-state index in [9.17, 15) is 4.79 Å². The molecule has 5 nitrogen and oxygen atoms in total. The van der Waals surface area contributed by atoms with E-state index in [1.54, 1.807) is 31.4 Å². The van der Waals surface area contributed by atoms with Crippen molar-refractivity contribution in [3.05, 3.63) is 54.1 Å². The van der Waals surface area contributed by atoms with Gasteiger partial charge in [0.05, 0.1) is 7.11 Å². The maximum atomic E-state index is 11.7. The van der Waals surface area contributed by atoms with Gasteiger partial charge < -0.3 is 20.5 Å². The predicted octanol–water partition coefficient (Wildman–Crippen LogP) is 1.97. The molecule has 1 amide bonds. The highest BCUT2D eigenvalue weighted by atomic mass is 16.5. The van der Waals surface area contributed by atoms with Crippen LogP contribution in [0.3, 0.4) is 0 Å². The molecule has 2 aromatic rings. The van der Waals surface area contributed by atoms with E-state index in [4.69, 9.17) is 15.2 Å². The van der Waals surface area contributed by atoms with Crippen LogP contribution in [0.15, 0.2) is 48.5 Å². The Morgan fingerprint density at radius 3 is 2.62 bits per heavy atom. The highest BCUT2D eigenvalue weighted by Gasteiger charge is 2.03. The lowest BCUT2D eigenvalue weighted by Crippen LogP contribution is -2.28. The molecule has 0 bridgehead atoms. The smallest absolute Gasteiger partial charge is 0.258 e. The van der Waals surface area contributed by atoms with Crippen LogP contribution in [0.2, 0.25) is 0 Å². The van der Waals surface area contributed by atoms with Gasteiger partial charge in [-0.3, -0.25) is 4.79 Å². The Balaban J connectivity index is 1.78. The molecule has 5 heteroatoms. The summed E-state index contributed by atoms with van der Waals surface area (Å²) >= 11 is 0. The molecule has 0 fully saturated rings. The number of benzene rings is 2. The Bertz CT molecular complexity index is 597. The first-order valence-corrected chi connectivity index (χ1v) is 6.55. The van der Waals surface area contributed by atoms with Crippen LogP contribution < -0.4 is 20.5 Å². The minimum atomic E-state index is -0.186. The number of carbonyl (C=O) groups is 1. The minimum absolute atomic E-state index is 0.0338. The molecule has 0 saturated heterocycles. The maximum Gasteiger partial charge on any atom is 0.258 e. The van der Waals surface area contributed by atoms with Crippen LogP contribution >= 0.6 is 0 Å². The third kappa shape index (κ3) is 4.72. The van der Waals surface area contributed by atoms with Gasteiger partial charge in [0.1, 0.15) is 11.5 Å². The van der Waals surface area contributed by atoms with Gasteiger partial charge in [-0.05, 0) is 42.0 Å². The van der Waals surface area contributed by atoms with E-state index >= 15 is 0 Å². The van der Waals surface area contributed by atoms with Crippen molar-refractivity contribution >= 4 is 11.6 Å². The number of hydrogen-bond donors (Lipinski definition) is 2. The van der Waals surface area contributed by atoms with Gasteiger partial charge >= 0.3 is 0 Å². The topological polar surface area (TPSA) is 73.6 Å². The molecule has 0 unspecified atom stereocenters. The molecule has 3 N–H and O–H groups in total. The number of rotatable bonds is 6. The van der Waals surface area contributed by atoms with Gasteiger partial charge in [0.25, 0.3) is 5.91 Å². The zero-order chi connectivity index (χ0) is 15.1. The number of carbonyl (C=O) groups excluding carboxylic acids is 1. The molecule has 2 aromatic carbocycles. The molecule has 21 heavy (non-hydrogen) atoms. The van der Waals surface area contributed by atoms with Crippen molar-refractivity contribution < 1.29 is 14.3 Å². The largest absolute Gasteiger partial charge is 0.497 e. The summed E-state index contributed by atoms with van der Waals surface area (Å²) < 4.78 is 10.5. The van der Waals surface area contributed by atoms with E-state index in [0.29, 0.717) is 18.0 Å². The van der Waals surface area contributed by atoms with Crippen molar-refractivity contribution in [1.29, 1.82) is 0 Å². The number of nitrogens with two attached hydrogens (primary N) is 1. The van der Waals surface area contributed by atoms with E-state index in [-0.39, 0.29) is 12.5 Å². The lowest BCUT2D eigenvalue weighted by atomic mass is 10.2. The zero-order valence-electron chi connectivity index (χ0n) is 11.8. The first-order valence-electron chi connectivity index (χ1n) is 6.55. The van der Waals surface area contributed by atoms with Gasteiger partial charge in [-0.15, -0.1) is 0 Å². The number of anilines is 1. The molecule has 0 atom stereocenters. The molecular formula is C16H18N2O3. The van der Waals surface area contributed by atoms with E-state index in [2.05, 4.69) is 5.32 Å². The van der Waals surface area contributed by atoms with Crippen LogP contribution in [0, 0.1) is 0 Å². The number of ether oxygens (including phenoxy) is 2. The Morgan fingerprint density at radius 2 is 1.90 bits per heavy atom. The average molecular weight is 286 g/mol. The molecule has 0 aromatic heterocycles. The van der Waals surface area contributed by atoms with Crippen LogP contribution in [0.25, 0.3) is 0 Å². The lowest BCUT2D eigenvalue weighted by molar-refractivity contribution is -0.123. The van der Waals surface area contributed by atoms with Crippen LogP contribution in [0.1, 0.15) is 5.56 Å². The van der Waals surface area contributed by atoms with E-state index < -0.39 is 0 Å². The predicted molar refractivity (Wildman–Crippen MR) is 81.2 cm³/mol. The summed E-state index contributed by atoms with van der Waals surface area (Å²) in [4.78, 5) is 11.7. The van der Waals surface area contributed by atoms with Gasteiger partial charge in [-0.2, -0.15) is 0 Å². The second-order valence-electron chi connectivity index (χ2n) is 4.49. The second kappa shape index (κ2) is 7.19. The van der Waals surface area contributed by atoms with Crippen LogP contribution in [0.4, 0.5) is 5.69 Å². The Kier molecular flexibility index (Phi) is 5.04. The molecule has 0 aliphatic carbocycles. The summed E-state index contributed by atoms with van der Waals surface area (Å²) in [6.07, 6.45) is 0. The second-order valence-corrected chi connectivity index (χ2v) is 4.49. The van der Waals surface area contributed by atoms with Gasteiger partial charge in [0.2, 0.25) is 0 Å². The van der Waals surface area contributed by atoms with E-state index in [1.807, 2.05) is 24.3 Å². The van der Waals surface area contributed by atoms with Crippen molar-refractivity contribution in [3.63, 3.8) is 0 Å². The summed E-state index contributed by atoms with van der Waals surface area (Å²) in [5, 5.41) is 2.79. The Morgan fingerprint density at radius 1 is 1.14 bits per heavy atom. The van der Waals surface area contributed by atoms with Gasteiger partial charge in [0.15, 0.2) is 6.61 Å². The standard InChI is InChI=1S/C16H18N2O3/c1-20-15-4-2-3-12(9-15)10-18-16(19)11-21-14-7-5-13(17)6-8-14/h2-9H,10-11,17H2,1H3,(H,18,19). The highest BCUT2D eigenvalue weighted by Crippen LogP contribution is 2.13. The fraction of sp³-hybridized carbons (Fsp3) is 0.188. The Labute approximate surface area is 123 Å².